The van der Waals surface area contributed by atoms with E-state index in [2.05, 4.69) is 25.7 Å². The third-order valence-corrected chi connectivity index (χ3v) is 9.21. The third kappa shape index (κ3) is 6.70. The Kier molecular flexibility index (Phi) is 7.74. The number of nitrogens with zero attached hydrogens (tertiary/aromatic N) is 1. The van der Waals surface area contributed by atoms with Crippen LogP contribution < -0.4 is 21.3 Å². The molecule has 2 fully saturated rings. The zero-order valence-electron chi connectivity index (χ0n) is 21.5. The molecule has 38 heavy (non-hydrogen) atoms. The van der Waals surface area contributed by atoms with Crippen LogP contribution in [0.5, 0.6) is 0 Å². The molecule has 2 atom stereocenters. The zero-order chi connectivity index (χ0) is 27.0. The third-order valence-electron chi connectivity index (χ3n) is 7.24. The molecule has 1 unspecified atom stereocenters. The SMILES string of the molecule is CC1C(NC(=S)N[C@H]2CCc3sc(NC(=O)C4CC4)c(C(=O)NCC4CC4)c3C2)=CC=CC1=NS(C)(=O)=O. The largest absolute Gasteiger partial charge is 0.359 e. The molecule has 4 aliphatic carbocycles. The van der Waals surface area contributed by atoms with Crippen LogP contribution in [0.2, 0.25) is 0 Å². The average molecular weight is 576 g/mol. The van der Waals surface area contributed by atoms with Gasteiger partial charge in [0, 0.05) is 35.0 Å². The number of thiophene rings is 1. The molecule has 204 valence electrons. The molecule has 0 spiro atoms. The fourth-order valence-electron chi connectivity index (χ4n) is 4.74. The lowest BCUT2D eigenvalue weighted by Crippen LogP contribution is -2.45. The van der Waals surface area contributed by atoms with Crippen LogP contribution in [0.25, 0.3) is 0 Å². The predicted molar refractivity (Wildman–Crippen MR) is 154 cm³/mol. The van der Waals surface area contributed by atoms with Gasteiger partial charge in [0.1, 0.15) is 5.00 Å². The lowest BCUT2D eigenvalue weighted by atomic mass is 9.91. The molecule has 2 amide bonds. The van der Waals surface area contributed by atoms with E-state index in [-0.39, 0.29) is 29.7 Å². The van der Waals surface area contributed by atoms with Crippen LogP contribution in [0.3, 0.4) is 0 Å². The summed E-state index contributed by atoms with van der Waals surface area (Å²) in [5.74, 6) is 0.243. The number of aryl methyl sites for hydroxylation is 1. The number of hydrogen-bond acceptors (Lipinski definition) is 6. The van der Waals surface area contributed by atoms with Gasteiger partial charge < -0.3 is 21.3 Å². The molecule has 1 aromatic heterocycles. The van der Waals surface area contributed by atoms with E-state index in [1.807, 2.05) is 13.0 Å². The second-order valence-corrected chi connectivity index (χ2v) is 13.8. The maximum atomic E-state index is 13.3. The summed E-state index contributed by atoms with van der Waals surface area (Å²) in [5, 5.41) is 13.8. The van der Waals surface area contributed by atoms with E-state index in [4.69, 9.17) is 12.2 Å². The number of hydrogen-bond donors (Lipinski definition) is 4. The summed E-state index contributed by atoms with van der Waals surface area (Å²) in [5.41, 5.74) is 2.78. The van der Waals surface area contributed by atoms with Crippen LogP contribution in [0.15, 0.2) is 28.3 Å². The molecule has 0 radical (unpaired) electrons. The number of allylic oxidation sites excluding steroid dienone is 4. The van der Waals surface area contributed by atoms with Gasteiger partial charge in [0.15, 0.2) is 5.11 Å². The second kappa shape index (κ2) is 10.9. The lowest BCUT2D eigenvalue weighted by molar-refractivity contribution is -0.117. The fourth-order valence-corrected chi connectivity index (χ4v) is 6.87. The van der Waals surface area contributed by atoms with Crippen molar-refractivity contribution in [1.29, 1.82) is 0 Å². The van der Waals surface area contributed by atoms with E-state index >= 15 is 0 Å². The molecule has 0 aromatic carbocycles. The van der Waals surface area contributed by atoms with Gasteiger partial charge in [-0.25, -0.2) is 8.42 Å². The number of rotatable bonds is 8. The summed E-state index contributed by atoms with van der Waals surface area (Å²) in [6.45, 7) is 2.54. The maximum Gasteiger partial charge on any atom is 0.254 e. The molecule has 1 aromatic rings. The highest BCUT2D eigenvalue weighted by Gasteiger charge is 2.34. The van der Waals surface area contributed by atoms with Crippen molar-refractivity contribution in [3.63, 3.8) is 0 Å². The van der Waals surface area contributed by atoms with E-state index in [9.17, 15) is 18.0 Å². The summed E-state index contributed by atoms with van der Waals surface area (Å²) in [6, 6.07) is 0.0123. The summed E-state index contributed by atoms with van der Waals surface area (Å²) in [4.78, 5) is 26.9. The highest BCUT2D eigenvalue weighted by molar-refractivity contribution is 7.89. The first-order valence-electron chi connectivity index (χ1n) is 13.1. The minimum atomic E-state index is -3.51. The zero-order valence-corrected chi connectivity index (χ0v) is 24.0. The molecule has 9 nitrogen and oxygen atoms in total. The van der Waals surface area contributed by atoms with Crippen LogP contribution in [0.1, 0.15) is 59.8 Å². The second-order valence-electron chi connectivity index (χ2n) is 10.6. The van der Waals surface area contributed by atoms with Crippen LogP contribution in [0.4, 0.5) is 5.00 Å². The number of fused-ring (bicyclic) bond motifs is 1. The maximum absolute atomic E-state index is 13.3. The van der Waals surface area contributed by atoms with E-state index < -0.39 is 10.0 Å². The van der Waals surface area contributed by atoms with Crippen LogP contribution in [-0.2, 0) is 27.7 Å². The fraction of sp³-hybridized carbons (Fsp3) is 0.538. The smallest absolute Gasteiger partial charge is 0.254 e. The first kappa shape index (κ1) is 27.0. The Labute approximate surface area is 232 Å². The summed E-state index contributed by atoms with van der Waals surface area (Å²) in [7, 11) is -3.51. The minimum absolute atomic E-state index is 0.00241. The molecule has 0 saturated heterocycles. The normalized spacial score (nSPS) is 23.8. The highest BCUT2D eigenvalue weighted by atomic mass is 32.2. The van der Waals surface area contributed by atoms with Gasteiger partial charge in [-0.2, -0.15) is 4.40 Å². The Morgan fingerprint density at radius 2 is 1.92 bits per heavy atom. The Bertz CT molecular complexity index is 1350. The molecule has 5 rings (SSSR count). The average Bonchev–Trinajstić information content (AvgIpc) is 3.76. The molecule has 2 saturated carbocycles. The Hall–Kier alpha value is -2.57. The molecule has 0 bridgehead atoms. The van der Waals surface area contributed by atoms with E-state index in [0.717, 1.165) is 60.9 Å². The van der Waals surface area contributed by atoms with Crippen molar-refractivity contribution in [2.24, 2.45) is 22.2 Å². The van der Waals surface area contributed by atoms with Gasteiger partial charge in [-0.3, -0.25) is 9.59 Å². The molecule has 0 aliphatic heterocycles. The van der Waals surface area contributed by atoms with Crippen molar-refractivity contribution in [3.05, 3.63) is 39.9 Å². The van der Waals surface area contributed by atoms with Gasteiger partial charge >= 0.3 is 0 Å². The number of carbonyl (C=O) groups excluding carboxylic acids is 2. The molecular weight excluding hydrogens is 543 g/mol. The van der Waals surface area contributed by atoms with Gasteiger partial charge in [-0.15, -0.1) is 11.3 Å². The Morgan fingerprint density at radius 1 is 1.16 bits per heavy atom. The standard InChI is InChI=1S/C26H33N5O4S3/c1-14-19(4-3-5-20(14)31-38(2,34)35)29-26(36)28-17-10-11-21-18(12-17)22(24(33)27-13-15-6-7-15)25(37-21)30-23(32)16-8-9-16/h3-5,14-17H,6-13H2,1-2H3,(H,27,33)(H,30,32)(H2,28,29,36)/t14?,17-/m0/s1. The van der Waals surface area contributed by atoms with Gasteiger partial charge in [0.2, 0.25) is 15.9 Å². The first-order valence-corrected chi connectivity index (χ1v) is 16.1. The number of nitrogens with one attached hydrogen (secondary N) is 4. The van der Waals surface area contributed by atoms with Crippen molar-refractivity contribution in [1.82, 2.24) is 16.0 Å². The molecule has 4 aliphatic rings. The number of sulfonamides is 1. The van der Waals surface area contributed by atoms with E-state index in [0.29, 0.717) is 40.3 Å². The predicted octanol–water partition coefficient (Wildman–Crippen LogP) is 3.05. The van der Waals surface area contributed by atoms with Gasteiger partial charge in [0.25, 0.3) is 5.91 Å². The first-order chi connectivity index (χ1) is 18.1. The monoisotopic (exact) mass is 575 g/mol. The Balaban J connectivity index is 1.27. The molecule has 4 N–H and O–H groups in total. The molecule has 12 heteroatoms. The Morgan fingerprint density at radius 3 is 2.61 bits per heavy atom. The van der Waals surface area contributed by atoms with Gasteiger partial charge in [-0.05, 0) is 80.8 Å². The van der Waals surface area contributed by atoms with Gasteiger partial charge in [-0.1, -0.05) is 13.0 Å². The number of thiocarbonyl (C=S) groups is 1. The van der Waals surface area contributed by atoms with Crippen LogP contribution >= 0.6 is 23.6 Å². The topological polar surface area (TPSA) is 129 Å². The summed E-state index contributed by atoms with van der Waals surface area (Å²) < 4.78 is 27.1. The van der Waals surface area contributed by atoms with Crippen molar-refractivity contribution in [3.8, 4) is 0 Å². The number of amides is 2. The van der Waals surface area contributed by atoms with E-state index in [1.165, 1.54) is 11.3 Å². The molecule has 1 heterocycles. The van der Waals surface area contributed by atoms with Crippen molar-refractivity contribution in [2.75, 3.05) is 18.1 Å². The number of anilines is 1. The van der Waals surface area contributed by atoms with Gasteiger partial charge in [0.05, 0.1) is 17.5 Å². The summed E-state index contributed by atoms with van der Waals surface area (Å²) in [6.07, 6.45) is 12.7. The summed E-state index contributed by atoms with van der Waals surface area (Å²) >= 11 is 7.12. The van der Waals surface area contributed by atoms with E-state index in [1.54, 1.807) is 12.2 Å². The molecular formula is C26H33N5O4S3. The lowest BCUT2D eigenvalue weighted by Gasteiger charge is -2.27. The highest BCUT2D eigenvalue weighted by Crippen LogP contribution is 2.40. The minimum Gasteiger partial charge on any atom is -0.359 e. The number of carbonyl (C=O) groups is 2. The van der Waals surface area contributed by atoms with Crippen molar-refractivity contribution < 1.29 is 18.0 Å². The quantitative estimate of drug-likeness (QED) is 0.351. The van der Waals surface area contributed by atoms with Crippen LogP contribution in [0, 0.1) is 17.8 Å². The van der Waals surface area contributed by atoms with Crippen molar-refractivity contribution >= 4 is 61.2 Å². The van der Waals surface area contributed by atoms with Crippen molar-refractivity contribution in [2.45, 2.75) is 57.9 Å². The van der Waals surface area contributed by atoms with Crippen LogP contribution in [-0.4, -0.2) is 49.9 Å².